The fraction of sp³-hybridized carbons (Fsp3) is 0.500. The molecule has 8 heteroatoms. The number of amides is 1. The minimum absolute atomic E-state index is 0.0769. The van der Waals surface area contributed by atoms with Crippen LogP contribution in [-0.2, 0) is 7.05 Å². The summed E-state index contributed by atoms with van der Waals surface area (Å²) >= 11 is 0. The topological polar surface area (TPSA) is 60.2 Å². The summed E-state index contributed by atoms with van der Waals surface area (Å²) in [5, 5.41) is 4.23. The molecule has 2 aromatic heterocycles. The Balaban J connectivity index is 1.70. The summed E-state index contributed by atoms with van der Waals surface area (Å²) < 4.78 is 30.9. The maximum atomic E-state index is 12.8. The molecule has 3 heterocycles. The van der Waals surface area contributed by atoms with Crippen molar-refractivity contribution in [2.45, 2.75) is 26.2 Å². The first-order chi connectivity index (χ1) is 12.3. The Morgan fingerprint density at radius 2 is 2.15 bits per heavy atom. The predicted molar refractivity (Wildman–Crippen MR) is 91.4 cm³/mol. The number of carbonyl (C=O) groups is 1. The summed E-state index contributed by atoms with van der Waals surface area (Å²) in [5.74, 6) is 0.149. The quantitative estimate of drug-likeness (QED) is 0.819. The molecule has 0 saturated carbocycles. The average Bonchev–Trinajstić information content (AvgIpc) is 3.15. The van der Waals surface area contributed by atoms with Crippen LogP contribution in [0.5, 0.6) is 5.88 Å². The Morgan fingerprint density at radius 3 is 2.73 bits per heavy atom. The standard InChI is InChI=1S/C18H22F2N4O2/c1-18(2)11-24(9-14(18)13-7-22-23(3)8-13)17(25)12-4-5-16(21-6-12)26-10-15(19)20/h4-8,14-15H,9-11H2,1-3H3. The van der Waals surface area contributed by atoms with Gasteiger partial charge < -0.3 is 9.64 Å². The highest BCUT2D eigenvalue weighted by Gasteiger charge is 2.42. The van der Waals surface area contributed by atoms with Crippen molar-refractivity contribution in [1.82, 2.24) is 19.7 Å². The molecule has 2 aromatic rings. The number of pyridine rings is 1. The zero-order valence-electron chi connectivity index (χ0n) is 15.0. The van der Waals surface area contributed by atoms with Crippen molar-refractivity contribution in [2.75, 3.05) is 19.7 Å². The fourth-order valence-corrected chi connectivity index (χ4v) is 3.39. The van der Waals surface area contributed by atoms with Crippen molar-refractivity contribution >= 4 is 5.91 Å². The number of halogens is 2. The van der Waals surface area contributed by atoms with E-state index in [1.807, 2.05) is 19.4 Å². The van der Waals surface area contributed by atoms with Crippen LogP contribution in [0.2, 0.25) is 0 Å². The van der Waals surface area contributed by atoms with Crippen LogP contribution in [0.15, 0.2) is 30.7 Å². The summed E-state index contributed by atoms with van der Waals surface area (Å²) in [4.78, 5) is 18.5. The largest absolute Gasteiger partial charge is 0.472 e. The van der Waals surface area contributed by atoms with E-state index >= 15 is 0 Å². The van der Waals surface area contributed by atoms with E-state index in [2.05, 4.69) is 23.9 Å². The molecule has 26 heavy (non-hydrogen) atoms. The molecule has 1 aliphatic rings. The second-order valence-electron chi connectivity index (χ2n) is 7.26. The van der Waals surface area contributed by atoms with Gasteiger partial charge in [0.2, 0.25) is 5.88 Å². The van der Waals surface area contributed by atoms with Crippen LogP contribution >= 0.6 is 0 Å². The highest BCUT2D eigenvalue weighted by atomic mass is 19.3. The van der Waals surface area contributed by atoms with Gasteiger partial charge in [-0.2, -0.15) is 5.10 Å². The smallest absolute Gasteiger partial charge is 0.272 e. The zero-order valence-corrected chi connectivity index (χ0v) is 15.0. The van der Waals surface area contributed by atoms with E-state index < -0.39 is 13.0 Å². The number of aromatic nitrogens is 3. The molecule has 3 rings (SSSR count). The van der Waals surface area contributed by atoms with Crippen molar-refractivity contribution in [3.63, 3.8) is 0 Å². The van der Waals surface area contributed by atoms with Gasteiger partial charge in [0, 0.05) is 44.5 Å². The van der Waals surface area contributed by atoms with E-state index in [1.54, 1.807) is 15.6 Å². The number of ether oxygens (including phenoxy) is 1. The van der Waals surface area contributed by atoms with E-state index in [0.29, 0.717) is 18.7 Å². The maximum absolute atomic E-state index is 12.8. The Kier molecular flexibility index (Phi) is 4.93. The van der Waals surface area contributed by atoms with Crippen molar-refractivity contribution in [3.8, 4) is 5.88 Å². The summed E-state index contributed by atoms with van der Waals surface area (Å²) in [6.07, 6.45) is 2.64. The average molecular weight is 364 g/mol. The Morgan fingerprint density at radius 1 is 1.38 bits per heavy atom. The molecule has 0 spiro atoms. The van der Waals surface area contributed by atoms with E-state index in [9.17, 15) is 13.6 Å². The molecule has 0 bridgehead atoms. The van der Waals surface area contributed by atoms with Gasteiger partial charge in [-0.3, -0.25) is 9.48 Å². The molecule has 1 fully saturated rings. The number of likely N-dealkylation sites (tertiary alicyclic amines) is 1. The molecular weight excluding hydrogens is 342 g/mol. The maximum Gasteiger partial charge on any atom is 0.272 e. The summed E-state index contributed by atoms with van der Waals surface area (Å²) in [7, 11) is 1.87. The molecule has 1 unspecified atom stereocenters. The second kappa shape index (κ2) is 7.01. The molecule has 140 valence electrons. The molecular formula is C18H22F2N4O2. The molecule has 6 nitrogen and oxygen atoms in total. The van der Waals surface area contributed by atoms with Gasteiger partial charge in [0.15, 0.2) is 6.61 Å². The van der Waals surface area contributed by atoms with Crippen LogP contribution in [-0.4, -0.2) is 51.7 Å². The van der Waals surface area contributed by atoms with Gasteiger partial charge in [-0.1, -0.05) is 13.8 Å². The molecule has 1 amide bonds. The van der Waals surface area contributed by atoms with Crippen LogP contribution in [0.1, 0.15) is 35.7 Å². The van der Waals surface area contributed by atoms with Crippen molar-refractivity contribution in [2.24, 2.45) is 12.5 Å². The van der Waals surface area contributed by atoms with E-state index in [0.717, 1.165) is 5.56 Å². The molecule has 0 radical (unpaired) electrons. The lowest BCUT2D eigenvalue weighted by molar-refractivity contribution is 0.0768. The minimum Gasteiger partial charge on any atom is -0.472 e. The van der Waals surface area contributed by atoms with Crippen LogP contribution < -0.4 is 4.74 Å². The summed E-state index contributed by atoms with van der Waals surface area (Å²) in [6.45, 7) is 4.78. The normalized spacial score (nSPS) is 19.2. The van der Waals surface area contributed by atoms with Crippen LogP contribution in [0.4, 0.5) is 8.78 Å². The van der Waals surface area contributed by atoms with Gasteiger partial charge in [-0.25, -0.2) is 13.8 Å². The first kappa shape index (κ1) is 18.3. The third kappa shape index (κ3) is 3.84. The molecule has 0 aromatic carbocycles. The van der Waals surface area contributed by atoms with Gasteiger partial charge in [-0.05, 0) is 17.0 Å². The number of carbonyl (C=O) groups excluding carboxylic acids is 1. The lowest BCUT2D eigenvalue weighted by atomic mass is 9.79. The molecule has 0 aliphatic carbocycles. The van der Waals surface area contributed by atoms with Crippen LogP contribution in [0.3, 0.4) is 0 Å². The number of hydrogen-bond acceptors (Lipinski definition) is 4. The molecule has 0 N–H and O–H groups in total. The third-order valence-corrected chi connectivity index (χ3v) is 4.70. The van der Waals surface area contributed by atoms with Crippen molar-refractivity contribution < 1.29 is 18.3 Å². The fourth-order valence-electron chi connectivity index (χ4n) is 3.39. The number of alkyl halides is 2. The molecule has 1 aliphatic heterocycles. The number of rotatable bonds is 5. The number of hydrogen-bond donors (Lipinski definition) is 0. The van der Waals surface area contributed by atoms with Crippen molar-refractivity contribution in [3.05, 3.63) is 41.9 Å². The van der Waals surface area contributed by atoms with Crippen LogP contribution in [0.25, 0.3) is 0 Å². The van der Waals surface area contributed by atoms with E-state index in [-0.39, 0.29) is 23.1 Å². The van der Waals surface area contributed by atoms with Crippen molar-refractivity contribution in [1.29, 1.82) is 0 Å². The third-order valence-electron chi connectivity index (χ3n) is 4.70. The molecule has 1 atom stereocenters. The highest BCUT2D eigenvalue weighted by molar-refractivity contribution is 5.94. The van der Waals surface area contributed by atoms with Crippen LogP contribution in [0, 0.1) is 5.41 Å². The van der Waals surface area contributed by atoms with E-state index in [1.165, 1.54) is 12.3 Å². The Hall–Kier alpha value is -2.51. The van der Waals surface area contributed by atoms with Gasteiger partial charge in [-0.15, -0.1) is 0 Å². The zero-order chi connectivity index (χ0) is 18.9. The highest BCUT2D eigenvalue weighted by Crippen LogP contribution is 2.42. The SMILES string of the molecule is Cn1cc(C2CN(C(=O)c3ccc(OCC(F)F)nc3)CC2(C)C)cn1. The van der Waals surface area contributed by atoms with Gasteiger partial charge in [0.05, 0.1) is 11.8 Å². The number of aryl methyl sites for hydroxylation is 1. The monoisotopic (exact) mass is 364 g/mol. The first-order valence-electron chi connectivity index (χ1n) is 8.41. The van der Waals surface area contributed by atoms with E-state index in [4.69, 9.17) is 4.74 Å². The number of nitrogens with zero attached hydrogens (tertiary/aromatic N) is 4. The Bertz CT molecular complexity index is 774. The molecule has 1 saturated heterocycles. The lowest BCUT2D eigenvalue weighted by Gasteiger charge is -2.24. The lowest BCUT2D eigenvalue weighted by Crippen LogP contribution is -2.30. The van der Waals surface area contributed by atoms with Gasteiger partial charge in [0.25, 0.3) is 12.3 Å². The predicted octanol–water partition coefficient (Wildman–Crippen LogP) is 2.72. The summed E-state index contributed by atoms with van der Waals surface area (Å²) in [5.41, 5.74) is 1.45. The van der Waals surface area contributed by atoms with Gasteiger partial charge in [0.1, 0.15) is 0 Å². The first-order valence-corrected chi connectivity index (χ1v) is 8.41. The summed E-state index contributed by atoms with van der Waals surface area (Å²) in [6, 6.07) is 3.00. The van der Waals surface area contributed by atoms with Gasteiger partial charge >= 0.3 is 0 Å². The Labute approximate surface area is 150 Å². The second-order valence-corrected chi connectivity index (χ2v) is 7.26. The minimum atomic E-state index is -2.56.